The van der Waals surface area contributed by atoms with Crippen LogP contribution in [0.2, 0.25) is 0 Å². The monoisotopic (exact) mass is 476 g/mol. The van der Waals surface area contributed by atoms with Crippen LogP contribution in [0.4, 0.5) is 0 Å². The van der Waals surface area contributed by atoms with E-state index in [0.29, 0.717) is 6.10 Å². The summed E-state index contributed by atoms with van der Waals surface area (Å²) in [6, 6.07) is 13.3. The fourth-order valence-corrected chi connectivity index (χ4v) is 5.91. The quantitative estimate of drug-likeness (QED) is 0.312. The fraction of sp³-hybridized carbons (Fsp3) is 0.464. The predicted octanol–water partition coefficient (Wildman–Crippen LogP) is 6.21. The van der Waals surface area contributed by atoms with Crippen molar-refractivity contribution in [3.05, 3.63) is 59.2 Å². The predicted molar refractivity (Wildman–Crippen MR) is 142 cm³/mol. The van der Waals surface area contributed by atoms with Crippen molar-refractivity contribution in [3.63, 3.8) is 0 Å². The number of aryl methyl sites for hydroxylation is 3. The average molecular weight is 477 g/mol. The maximum absolute atomic E-state index is 6.24. The van der Waals surface area contributed by atoms with Crippen LogP contribution in [-0.4, -0.2) is 33.3 Å². The van der Waals surface area contributed by atoms with Gasteiger partial charge in [0.25, 0.3) is 0 Å². The topological polar surface area (TPSA) is 44.0 Å². The van der Waals surface area contributed by atoms with Crippen molar-refractivity contribution in [2.75, 3.05) is 13.1 Å². The zero-order valence-corrected chi connectivity index (χ0v) is 21.2. The van der Waals surface area contributed by atoms with Crippen LogP contribution in [0, 0.1) is 0 Å². The molecule has 0 spiro atoms. The van der Waals surface area contributed by atoms with Crippen molar-refractivity contribution in [1.29, 1.82) is 0 Å². The first-order valence-electron chi connectivity index (χ1n) is 12.8. The number of benzene rings is 1. The summed E-state index contributed by atoms with van der Waals surface area (Å²) >= 11 is 1.80. The zero-order chi connectivity index (χ0) is 23.3. The molecule has 1 unspecified atom stereocenters. The minimum absolute atomic E-state index is 0.338. The highest BCUT2D eigenvalue weighted by atomic mass is 32.1. The molecule has 180 valence electrons. The lowest BCUT2D eigenvalue weighted by Crippen LogP contribution is -2.19. The second-order valence-corrected chi connectivity index (χ2v) is 10.3. The molecule has 1 aromatic carbocycles. The molecule has 0 radical (unpaired) electrons. The van der Waals surface area contributed by atoms with Gasteiger partial charge in [-0.3, -0.25) is 0 Å². The van der Waals surface area contributed by atoms with Crippen LogP contribution in [0.3, 0.4) is 0 Å². The summed E-state index contributed by atoms with van der Waals surface area (Å²) < 4.78 is 12.3. The fourth-order valence-electron chi connectivity index (χ4n) is 5.06. The first kappa shape index (κ1) is 23.2. The Hall–Kier alpha value is -2.57. The van der Waals surface area contributed by atoms with Crippen molar-refractivity contribution in [2.24, 2.45) is 7.05 Å². The third kappa shape index (κ3) is 5.08. The number of rotatable bonds is 9. The Morgan fingerprint density at radius 1 is 1.12 bits per heavy atom. The molecule has 4 aromatic rings. The maximum Gasteiger partial charge on any atom is 0.156 e. The summed E-state index contributed by atoms with van der Waals surface area (Å²) in [5.74, 6) is 2.09. The van der Waals surface area contributed by atoms with E-state index in [9.17, 15) is 0 Å². The van der Waals surface area contributed by atoms with Gasteiger partial charge in [0.05, 0.1) is 22.0 Å². The Labute approximate surface area is 206 Å². The van der Waals surface area contributed by atoms with E-state index in [4.69, 9.17) is 9.72 Å². The van der Waals surface area contributed by atoms with E-state index in [1.807, 2.05) is 0 Å². The number of hydrogen-bond acceptors (Lipinski definition) is 4. The van der Waals surface area contributed by atoms with Crippen molar-refractivity contribution in [2.45, 2.75) is 64.5 Å². The van der Waals surface area contributed by atoms with Crippen molar-refractivity contribution >= 4 is 21.6 Å². The van der Waals surface area contributed by atoms with E-state index in [2.05, 4.69) is 76.4 Å². The summed E-state index contributed by atoms with van der Waals surface area (Å²) in [6.45, 7) is 5.39. The van der Waals surface area contributed by atoms with Gasteiger partial charge in [-0.15, -0.1) is 11.3 Å². The van der Waals surface area contributed by atoms with Crippen molar-refractivity contribution < 1.29 is 4.74 Å². The summed E-state index contributed by atoms with van der Waals surface area (Å²) in [4.78, 5) is 4.87. The van der Waals surface area contributed by atoms with Crippen LogP contribution in [0.5, 0.6) is 5.75 Å². The molecule has 0 aliphatic carbocycles. The van der Waals surface area contributed by atoms with E-state index in [0.717, 1.165) is 69.7 Å². The molecule has 1 aliphatic rings. The minimum Gasteiger partial charge on any atom is -0.490 e. The molecule has 0 bridgehead atoms. The highest BCUT2D eigenvalue weighted by Crippen LogP contribution is 2.31. The van der Waals surface area contributed by atoms with Crippen LogP contribution in [0.25, 0.3) is 21.7 Å². The van der Waals surface area contributed by atoms with Gasteiger partial charge in [-0.1, -0.05) is 25.5 Å². The van der Waals surface area contributed by atoms with Gasteiger partial charge in [-0.05, 0) is 86.8 Å². The summed E-state index contributed by atoms with van der Waals surface area (Å²) in [7, 11) is 2.15. The number of ether oxygens (including phenoxy) is 1. The van der Waals surface area contributed by atoms with Gasteiger partial charge >= 0.3 is 0 Å². The molecule has 6 heteroatoms. The van der Waals surface area contributed by atoms with Crippen LogP contribution < -0.4 is 10.1 Å². The third-order valence-electron chi connectivity index (χ3n) is 6.93. The number of nitrogens with one attached hydrogen (secondary N) is 1. The molecule has 1 atom stereocenters. The van der Waals surface area contributed by atoms with Crippen molar-refractivity contribution in [3.8, 4) is 17.3 Å². The smallest absolute Gasteiger partial charge is 0.156 e. The molecule has 1 saturated heterocycles. The molecule has 1 aliphatic heterocycles. The largest absolute Gasteiger partial charge is 0.490 e. The molecule has 1 fully saturated rings. The standard InChI is InChI=1S/C28H36N4OS/c1-3-6-22-20-30-28(26-19-27-25(31(26)2)14-18-34-27)32(22)17-5-7-21-9-11-24(12-10-21)33-23-8-4-15-29-16-13-23/h9-12,14,18-20,23,29H,3-8,13,15-17H2,1-2H3. The molecule has 34 heavy (non-hydrogen) atoms. The van der Waals surface area contributed by atoms with Gasteiger partial charge in [-0.25, -0.2) is 4.98 Å². The van der Waals surface area contributed by atoms with Gasteiger partial charge < -0.3 is 19.2 Å². The van der Waals surface area contributed by atoms with Crippen LogP contribution in [0.1, 0.15) is 50.3 Å². The zero-order valence-electron chi connectivity index (χ0n) is 20.4. The highest BCUT2D eigenvalue weighted by molar-refractivity contribution is 7.17. The van der Waals surface area contributed by atoms with E-state index in [1.54, 1.807) is 11.3 Å². The molecule has 5 rings (SSSR count). The van der Waals surface area contributed by atoms with Gasteiger partial charge in [0, 0.05) is 25.5 Å². The molecule has 3 aromatic heterocycles. The van der Waals surface area contributed by atoms with Crippen LogP contribution >= 0.6 is 11.3 Å². The van der Waals surface area contributed by atoms with Crippen molar-refractivity contribution in [1.82, 2.24) is 19.4 Å². The number of fused-ring (bicyclic) bond motifs is 1. The van der Waals surface area contributed by atoms with E-state index < -0.39 is 0 Å². The number of aromatic nitrogens is 3. The summed E-state index contributed by atoms with van der Waals surface area (Å²) in [6.07, 6.45) is 10.2. The summed E-state index contributed by atoms with van der Waals surface area (Å²) in [5, 5.41) is 5.61. The molecule has 5 nitrogen and oxygen atoms in total. The van der Waals surface area contributed by atoms with E-state index in [1.165, 1.54) is 33.6 Å². The van der Waals surface area contributed by atoms with Gasteiger partial charge in [0.1, 0.15) is 5.75 Å². The summed E-state index contributed by atoms with van der Waals surface area (Å²) in [5.41, 5.74) is 5.20. The average Bonchev–Trinajstić information content (AvgIpc) is 3.48. The SMILES string of the molecule is CCCc1cnc(-c2cc3sccc3n2C)n1CCCc1ccc(OC2CCCNCC2)cc1. The maximum atomic E-state index is 6.24. The normalized spacial score (nSPS) is 16.7. The number of imidazole rings is 1. The lowest BCUT2D eigenvalue weighted by molar-refractivity contribution is 0.187. The van der Waals surface area contributed by atoms with E-state index in [-0.39, 0.29) is 0 Å². The van der Waals surface area contributed by atoms with Crippen LogP contribution in [0.15, 0.2) is 48.0 Å². The molecular formula is C28H36N4OS. The Kier molecular flexibility index (Phi) is 7.36. The second-order valence-electron chi connectivity index (χ2n) is 9.40. The Bertz CT molecular complexity index is 1200. The first-order chi connectivity index (χ1) is 16.7. The number of nitrogens with zero attached hydrogens (tertiary/aromatic N) is 3. The number of hydrogen-bond donors (Lipinski definition) is 1. The van der Waals surface area contributed by atoms with Gasteiger partial charge in [0.2, 0.25) is 0 Å². The Balaban J connectivity index is 1.24. The molecule has 1 N–H and O–H groups in total. The molecule has 0 amide bonds. The molecular weight excluding hydrogens is 440 g/mol. The molecule has 4 heterocycles. The molecule has 0 saturated carbocycles. The van der Waals surface area contributed by atoms with Crippen LogP contribution in [-0.2, 0) is 26.4 Å². The highest BCUT2D eigenvalue weighted by Gasteiger charge is 2.17. The Morgan fingerprint density at radius 3 is 2.82 bits per heavy atom. The lowest BCUT2D eigenvalue weighted by atomic mass is 10.1. The Morgan fingerprint density at radius 2 is 2.00 bits per heavy atom. The number of thiophene rings is 1. The third-order valence-corrected chi connectivity index (χ3v) is 7.79. The second kappa shape index (κ2) is 10.8. The first-order valence-corrected chi connectivity index (χ1v) is 13.6. The lowest BCUT2D eigenvalue weighted by Gasteiger charge is -2.17. The van der Waals surface area contributed by atoms with Gasteiger partial charge in [-0.2, -0.15) is 0 Å². The van der Waals surface area contributed by atoms with Gasteiger partial charge in [0.15, 0.2) is 5.82 Å². The van der Waals surface area contributed by atoms with E-state index >= 15 is 0 Å². The minimum atomic E-state index is 0.338.